The van der Waals surface area contributed by atoms with Crippen molar-refractivity contribution in [3.63, 3.8) is 0 Å². The van der Waals surface area contributed by atoms with Gasteiger partial charge in [0.1, 0.15) is 5.62 Å². The van der Waals surface area contributed by atoms with E-state index >= 15 is 0 Å². The first-order chi connectivity index (χ1) is 6.88. The average Bonchev–Trinajstić information content (AvgIpc) is 2.30. The molecule has 5 heteroatoms. The van der Waals surface area contributed by atoms with Crippen molar-refractivity contribution < 1.29 is 9.47 Å². The normalized spacial score (nSPS) is 27.0. The highest BCUT2D eigenvalue weighted by molar-refractivity contribution is 6.20. The highest BCUT2D eigenvalue weighted by atomic mass is 35.5. The number of alkyl halides is 1. The molecule has 0 aromatic rings. The molecule has 2 saturated heterocycles. The molecule has 0 radical (unpaired) electrons. The Bertz CT molecular complexity index is 152. The lowest BCUT2D eigenvalue weighted by atomic mass is 10.4. The summed E-state index contributed by atoms with van der Waals surface area (Å²) in [5, 5.41) is 0. The van der Waals surface area contributed by atoms with Crippen molar-refractivity contribution in [1.29, 1.82) is 0 Å². The van der Waals surface area contributed by atoms with E-state index in [-0.39, 0.29) is 5.62 Å². The zero-order valence-electron chi connectivity index (χ0n) is 8.32. The summed E-state index contributed by atoms with van der Waals surface area (Å²) in [7, 11) is 0. The van der Waals surface area contributed by atoms with E-state index in [0.29, 0.717) is 0 Å². The number of hydrogen-bond acceptors (Lipinski definition) is 4. The largest absolute Gasteiger partial charge is 0.379 e. The summed E-state index contributed by atoms with van der Waals surface area (Å²) in [5.41, 5.74) is 0.0165. The minimum atomic E-state index is 0.0165. The summed E-state index contributed by atoms with van der Waals surface area (Å²) in [6, 6.07) is 0. The van der Waals surface area contributed by atoms with Gasteiger partial charge in [0.15, 0.2) is 0 Å². The van der Waals surface area contributed by atoms with E-state index in [1.165, 1.54) is 0 Å². The van der Waals surface area contributed by atoms with Crippen LogP contribution in [-0.4, -0.2) is 68.0 Å². The van der Waals surface area contributed by atoms with Crippen LogP contribution in [0.4, 0.5) is 0 Å². The molecule has 0 spiro atoms. The van der Waals surface area contributed by atoms with Crippen LogP contribution in [0.3, 0.4) is 0 Å². The smallest absolute Gasteiger partial charge is 0.140 e. The predicted molar refractivity (Wildman–Crippen MR) is 54.4 cm³/mol. The van der Waals surface area contributed by atoms with Gasteiger partial charge >= 0.3 is 0 Å². The second-order valence-electron chi connectivity index (χ2n) is 3.61. The van der Waals surface area contributed by atoms with Crippen molar-refractivity contribution in [2.45, 2.75) is 5.62 Å². The average molecular weight is 221 g/mol. The molecular formula is C9H17ClN2O2. The van der Waals surface area contributed by atoms with Gasteiger partial charge < -0.3 is 9.47 Å². The van der Waals surface area contributed by atoms with Gasteiger partial charge in [0.05, 0.1) is 26.4 Å². The second kappa shape index (κ2) is 5.28. The summed E-state index contributed by atoms with van der Waals surface area (Å²) in [5.74, 6) is 0. The van der Waals surface area contributed by atoms with Gasteiger partial charge in [-0.25, -0.2) is 0 Å². The molecule has 2 aliphatic rings. The van der Waals surface area contributed by atoms with E-state index in [9.17, 15) is 0 Å². The topological polar surface area (TPSA) is 24.9 Å². The molecule has 0 aromatic carbocycles. The number of halogens is 1. The van der Waals surface area contributed by atoms with Crippen LogP contribution in [0.1, 0.15) is 0 Å². The second-order valence-corrected chi connectivity index (χ2v) is 4.00. The van der Waals surface area contributed by atoms with Crippen molar-refractivity contribution in [3.8, 4) is 0 Å². The van der Waals surface area contributed by atoms with E-state index in [0.717, 1.165) is 52.6 Å². The van der Waals surface area contributed by atoms with Gasteiger partial charge in [-0.3, -0.25) is 9.80 Å². The van der Waals surface area contributed by atoms with Gasteiger partial charge in [-0.2, -0.15) is 0 Å². The van der Waals surface area contributed by atoms with Gasteiger partial charge in [0, 0.05) is 26.2 Å². The Kier molecular flexibility index (Phi) is 4.01. The monoisotopic (exact) mass is 220 g/mol. The van der Waals surface area contributed by atoms with Crippen LogP contribution in [0.15, 0.2) is 0 Å². The SMILES string of the molecule is ClC(N1CCOCC1)N1CCOCC1. The third kappa shape index (κ3) is 2.58. The Morgan fingerprint density at radius 3 is 1.50 bits per heavy atom. The van der Waals surface area contributed by atoms with Crippen molar-refractivity contribution in [3.05, 3.63) is 0 Å². The summed E-state index contributed by atoms with van der Waals surface area (Å²) < 4.78 is 10.6. The lowest BCUT2D eigenvalue weighted by Gasteiger charge is -2.39. The van der Waals surface area contributed by atoms with Crippen LogP contribution < -0.4 is 0 Å². The maximum Gasteiger partial charge on any atom is 0.140 e. The summed E-state index contributed by atoms with van der Waals surface area (Å²) >= 11 is 6.38. The fourth-order valence-corrected chi connectivity index (χ4v) is 2.20. The van der Waals surface area contributed by atoms with Crippen LogP contribution in [0.25, 0.3) is 0 Å². The Balaban J connectivity index is 1.82. The Hall–Kier alpha value is 0.130. The zero-order valence-corrected chi connectivity index (χ0v) is 9.08. The van der Waals surface area contributed by atoms with E-state index in [1.54, 1.807) is 0 Å². The lowest BCUT2D eigenvalue weighted by molar-refractivity contribution is -0.0377. The number of hydrogen-bond donors (Lipinski definition) is 0. The Morgan fingerprint density at radius 1 is 0.786 bits per heavy atom. The maximum absolute atomic E-state index is 6.38. The molecule has 0 N–H and O–H groups in total. The fourth-order valence-electron chi connectivity index (χ4n) is 1.81. The summed E-state index contributed by atoms with van der Waals surface area (Å²) in [6.45, 7) is 6.94. The molecule has 2 heterocycles. The van der Waals surface area contributed by atoms with Crippen LogP contribution >= 0.6 is 11.6 Å². The molecule has 0 atom stereocenters. The highest BCUT2D eigenvalue weighted by Gasteiger charge is 2.25. The Morgan fingerprint density at radius 2 is 1.14 bits per heavy atom. The van der Waals surface area contributed by atoms with Crippen LogP contribution in [0.2, 0.25) is 0 Å². The van der Waals surface area contributed by atoms with E-state index < -0.39 is 0 Å². The zero-order chi connectivity index (χ0) is 9.80. The lowest BCUT2D eigenvalue weighted by Crippen LogP contribution is -2.52. The number of nitrogens with zero attached hydrogens (tertiary/aromatic N) is 2. The fraction of sp³-hybridized carbons (Fsp3) is 1.00. The molecule has 14 heavy (non-hydrogen) atoms. The third-order valence-corrected chi connectivity index (χ3v) is 3.25. The molecule has 2 aliphatic heterocycles. The van der Waals surface area contributed by atoms with Gasteiger partial charge in [-0.1, -0.05) is 11.6 Å². The first kappa shape index (κ1) is 10.6. The first-order valence-corrected chi connectivity index (χ1v) is 5.59. The molecule has 0 unspecified atom stereocenters. The van der Waals surface area contributed by atoms with Crippen molar-refractivity contribution in [1.82, 2.24) is 9.80 Å². The Labute approximate surface area is 89.7 Å². The van der Waals surface area contributed by atoms with Crippen molar-refractivity contribution in [2.75, 3.05) is 52.6 Å². The van der Waals surface area contributed by atoms with Crippen LogP contribution in [-0.2, 0) is 9.47 Å². The van der Waals surface area contributed by atoms with Gasteiger partial charge in [0.25, 0.3) is 0 Å². The molecule has 0 aromatic heterocycles. The number of ether oxygens (including phenoxy) is 2. The minimum Gasteiger partial charge on any atom is -0.379 e. The molecule has 2 fully saturated rings. The molecule has 82 valence electrons. The predicted octanol–water partition coefficient (Wildman–Crippen LogP) is 0.173. The first-order valence-electron chi connectivity index (χ1n) is 5.15. The minimum absolute atomic E-state index is 0.0165. The third-order valence-electron chi connectivity index (χ3n) is 2.69. The molecule has 2 rings (SSSR count). The molecule has 4 nitrogen and oxygen atoms in total. The molecule has 0 aliphatic carbocycles. The van der Waals surface area contributed by atoms with Gasteiger partial charge in [0.2, 0.25) is 0 Å². The molecular weight excluding hydrogens is 204 g/mol. The number of rotatable bonds is 2. The van der Waals surface area contributed by atoms with Gasteiger partial charge in [-0.15, -0.1) is 0 Å². The quantitative estimate of drug-likeness (QED) is 0.490. The summed E-state index contributed by atoms with van der Waals surface area (Å²) in [4.78, 5) is 4.52. The molecule has 0 amide bonds. The van der Waals surface area contributed by atoms with Gasteiger partial charge in [-0.05, 0) is 0 Å². The molecule has 0 bridgehead atoms. The van der Waals surface area contributed by atoms with Crippen molar-refractivity contribution in [2.24, 2.45) is 0 Å². The van der Waals surface area contributed by atoms with Crippen molar-refractivity contribution >= 4 is 11.6 Å². The number of morpholine rings is 2. The standard InChI is InChI=1S/C9H17ClN2O2/c10-9(11-1-5-13-6-2-11)12-3-7-14-8-4-12/h9H,1-8H2. The van der Waals surface area contributed by atoms with E-state index in [2.05, 4.69) is 9.80 Å². The van der Waals surface area contributed by atoms with Crippen LogP contribution in [0, 0.1) is 0 Å². The van der Waals surface area contributed by atoms with Crippen LogP contribution in [0.5, 0.6) is 0 Å². The van der Waals surface area contributed by atoms with E-state index in [1.807, 2.05) is 0 Å². The summed E-state index contributed by atoms with van der Waals surface area (Å²) in [6.07, 6.45) is 0. The van der Waals surface area contributed by atoms with E-state index in [4.69, 9.17) is 21.1 Å². The maximum atomic E-state index is 6.38. The molecule has 0 saturated carbocycles. The highest BCUT2D eigenvalue weighted by Crippen LogP contribution is 2.14.